The fourth-order valence-electron chi connectivity index (χ4n) is 1.67. The minimum absolute atomic E-state index is 0.195. The highest BCUT2D eigenvalue weighted by atomic mass is 79.9. The third kappa shape index (κ3) is 3.32. The van der Waals surface area contributed by atoms with Crippen LogP contribution in [0.1, 0.15) is 15.9 Å². The lowest BCUT2D eigenvalue weighted by Gasteiger charge is -2.09. The second-order valence-corrected chi connectivity index (χ2v) is 4.81. The van der Waals surface area contributed by atoms with E-state index in [9.17, 15) is 9.18 Å². The Balaban J connectivity index is 2.14. The zero-order valence-electron chi connectivity index (χ0n) is 9.86. The number of hydrogen-bond donors (Lipinski definition) is 2. The molecular weight excluding hydrogens is 313 g/mol. The van der Waals surface area contributed by atoms with Gasteiger partial charge in [-0.25, -0.2) is 9.18 Å². The van der Waals surface area contributed by atoms with Crippen LogP contribution in [0.2, 0.25) is 0 Å². The van der Waals surface area contributed by atoms with Gasteiger partial charge in [0.1, 0.15) is 5.82 Å². The lowest BCUT2D eigenvalue weighted by Crippen LogP contribution is -2.06. The summed E-state index contributed by atoms with van der Waals surface area (Å²) >= 11 is 3.08. The van der Waals surface area contributed by atoms with Gasteiger partial charge in [0.25, 0.3) is 0 Å². The maximum atomic E-state index is 13.3. The summed E-state index contributed by atoms with van der Waals surface area (Å²) in [4.78, 5) is 11.0. The van der Waals surface area contributed by atoms with E-state index in [4.69, 9.17) is 5.11 Å². The number of aromatic carboxylic acids is 1. The molecule has 2 N–H and O–H groups in total. The second kappa shape index (κ2) is 5.84. The van der Waals surface area contributed by atoms with Crippen LogP contribution in [0.25, 0.3) is 0 Å². The molecule has 19 heavy (non-hydrogen) atoms. The summed E-state index contributed by atoms with van der Waals surface area (Å²) in [5.41, 5.74) is 1.44. The maximum Gasteiger partial charge on any atom is 0.337 e. The highest BCUT2D eigenvalue weighted by molar-refractivity contribution is 9.10. The molecule has 0 saturated carbocycles. The van der Waals surface area contributed by atoms with E-state index in [0.29, 0.717) is 16.7 Å². The van der Waals surface area contributed by atoms with Gasteiger partial charge in [0.15, 0.2) is 0 Å². The van der Waals surface area contributed by atoms with Crippen molar-refractivity contribution in [3.8, 4) is 0 Å². The molecule has 98 valence electrons. The monoisotopic (exact) mass is 323 g/mol. The molecule has 0 amide bonds. The first kappa shape index (κ1) is 13.5. The van der Waals surface area contributed by atoms with Gasteiger partial charge in [-0.15, -0.1) is 0 Å². The number of carbonyl (C=O) groups is 1. The molecule has 0 unspecified atom stereocenters. The van der Waals surface area contributed by atoms with Crippen LogP contribution < -0.4 is 5.32 Å². The summed E-state index contributed by atoms with van der Waals surface area (Å²) in [6.45, 7) is 0.356. The van der Waals surface area contributed by atoms with E-state index in [1.165, 1.54) is 12.1 Å². The van der Waals surface area contributed by atoms with Crippen LogP contribution in [0, 0.1) is 5.82 Å². The van der Waals surface area contributed by atoms with Crippen molar-refractivity contribution in [2.75, 3.05) is 5.32 Å². The number of hydrogen-bond acceptors (Lipinski definition) is 2. The lowest BCUT2D eigenvalue weighted by atomic mass is 10.1. The van der Waals surface area contributed by atoms with Crippen molar-refractivity contribution < 1.29 is 14.3 Å². The highest BCUT2D eigenvalue weighted by Gasteiger charge is 2.08. The Labute approximate surface area is 118 Å². The molecule has 0 spiro atoms. The molecule has 3 nitrogen and oxygen atoms in total. The maximum absolute atomic E-state index is 13.3. The molecule has 0 aliphatic carbocycles. The average Bonchev–Trinajstić information content (AvgIpc) is 2.40. The number of halogens is 2. The minimum atomic E-state index is -0.995. The van der Waals surface area contributed by atoms with Crippen molar-refractivity contribution in [3.63, 3.8) is 0 Å². The number of benzene rings is 2. The number of carboxylic acid groups (broad SMARTS) is 1. The minimum Gasteiger partial charge on any atom is -0.478 e. The Hall–Kier alpha value is -1.88. The van der Waals surface area contributed by atoms with E-state index in [2.05, 4.69) is 21.2 Å². The van der Waals surface area contributed by atoms with Gasteiger partial charge >= 0.3 is 5.97 Å². The topological polar surface area (TPSA) is 49.3 Å². The highest BCUT2D eigenvalue weighted by Crippen LogP contribution is 2.19. The third-order valence-corrected chi connectivity index (χ3v) is 3.27. The molecular formula is C14H11BrFNO2. The number of carboxylic acids is 1. The van der Waals surface area contributed by atoms with Gasteiger partial charge in [0, 0.05) is 12.2 Å². The summed E-state index contributed by atoms with van der Waals surface area (Å²) in [6, 6.07) is 11.4. The van der Waals surface area contributed by atoms with Crippen molar-refractivity contribution in [2.24, 2.45) is 0 Å². The Morgan fingerprint density at radius 2 is 2.00 bits per heavy atom. The van der Waals surface area contributed by atoms with Gasteiger partial charge in [-0.05, 0) is 45.8 Å². The first-order valence-corrected chi connectivity index (χ1v) is 6.37. The number of rotatable bonds is 4. The molecule has 0 bridgehead atoms. The van der Waals surface area contributed by atoms with Crippen LogP contribution in [0.15, 0.2) is 46.9 Å². The fourth-order valence-corrected chi connectivity index (χ4v) is 1.92. The predicted molar refractivity (Wildman–Crippen MR) is 74.8 cm³/mol. The molecule has 2 aromatic rings. The molecule has 0 radical (unpaired) electrons. The molecule has 2 rings (SSSR count). The van der Waals surface area contributed by atoms with Gasteiger partial charge in [0.2, 0.25) is 0 Å². The Kier molecular flexibility index (Phi) is 4.16. The van der Waals surface area contributed by atoms with E-state index < -0.39 is 5.97 Å². The van der Waals surface area contributed by atoms with Gasteiger partial charge in [-0.1, -0.05) is 18.2 Å². The Morgan fingerprint density at radius 3 is 2.68 bits per heavy atom. The normalized spacial score (nSPS) is 10.2. The molecule has 0 fully saturated rings. The number of nitrogens with one attached hydrogen (secondary N) is 1. The molecule has 0 atom stereocenters. The molecule has 0 aliphatic rings. The molecule has 2 aromatic carbocycles. The van der Waals surface area contributed by atoms with Crippen LogP contribution in [0.5, 0.6) is 0 Å². The summed E-state index contributed by atoms with van der Waals surface area (Å²) in [7, 11) is 0. The molecule has 0 heterocycles. The number of para-hydroxylation sites is 1. The average molecular weight is 324 g/mol. The van der Waals surface area contributed by atoms with Crippen LogP contribution >= 0.6 is 15.9 Å². The van der Waals surface area contributed by atoms with Gasteiger partial charge in [0.05, 0.1) is 10.0 Å². The van der Waals surface area contributed by atoms with E-state index in [1.807, 2.05) is 0 Å². The lowest BCUT2D eigenvalue weighted by molar-refractivity contribution is 0.0698. The van der Waals surface area contributed by atoms with Gasteiger partial charge in [-0.3, -0.25) is 0 Å². The second-order valence-electron chi connectivity index (χ2n) is 3.95. The van der Waals surface area contributed by atoms with Crippen molar-refractivity contribution in [2.45, 2.75) is 6.54 Å². The van der Waals surface area contributed by atoms with Crippen molar-refractivity contribution in [1.82, 2.24) is 0 Å². The fraction of sp³-hybridized carbons (Fsp3) is 0.0714. The Bertz CT molecular complexity index is 616. The van der Waals surface area contributed by atoms with Crippen molar-refractivity contribution >= 4 is 27.6 Å². The summed E-state index contributed by atoms with van der Waals surface area (Å²) in [6.07, 6.45) is 0. The van der Waals surface area contributed by atoms with Crippen LogP contribution in [-0.4, -0.2) is 11.1 Å². The standard InChI is InChI=1S/C14H11BrFNO2/c15-11-6-5-9(7-12(11)16)8-17-13-4-2-1-3-10(13)14(18)19/h1-7,17H,8H2,(H,18,19). The molecule has 0 saturated heterocycles. The first-order chi connectivity index (χ1) is 9.08. The van der Waals surface area contributed by atoms with Gasteiger partial charge in [-0.2, -0.15) is 0 Å². The van der Waals surface area contributed by atoms with E-state index in [0.717, 1.165) is 5.56 Å². The van der Waals surface area contributed by atoms with E-state index in [1.54, 1.807) is 30.3 Å². The zero-order chi connectivity index (χ0) is 13.8. The van der Waals surface area contributed by atoms with Crippen LogP contribution in [0.3, 0.4) is 0 Å². The third-order valence-electron chi connectivity index (χ3n) is 2.62. The van der Waals surface area contributed by atoms with Crippen LogP contribution in [-0.2, 0) is 6.54 Å². The first-order valence-electron chi connectivity index (χ1n) is 5.58. The predicted octanol–water partition coefficient (Wildman–Crippen LogP) is 3.90. The molecule has 0 aliphatic heterocycles. The summed E-state index contributed by atoms with van der Waals surface area (Å²) < 4.78 is 13.7. The van der Waals surface area contributed by atoms with Crippen molar-refractivity contribution in [1.29, 1.82) is 0 Å². The summed E-state index contributed by atoms with van der Waals surface area (Å²) in [5.74, 6) is -1.34. The van der Waals surface area contributed by atoms with Gasteiger partial charge < -0.3 is 10.4 Å². The summed E-state index contributed by atoms with van der Waals surface area (Å²) in [5, 5.41) is 12.0. The quantitative estimate of drug-likeness (QED) is 0.897. The largest absolute Gasteiger partial charge is 0.478 e. The molecule has 0 aromatic heterocycles. The Morgan fingerprint density at radius 1 is 1.26 bits per heavy atom. The van der Waals surface area contributed by atoms with Crippen molar-refractivity contribution in [3.05, 3.63) is 63.9 Å². The molecule has 5 heteroatoms. The number of anilines is 1. The van der Waals surface area contributed by atoms with Crippen LogP contribution in [0.4, 0.5) is 10.1 Å². The zero-order valence-corrected chi connectivity index (χ0v) is 11.4. The smallest absolute Gasteiger partial charge is 0.337 e. The van der Waals surface area contributed by atoms with E-state index >= 15 is 0 Å². The van der Waals surface area contributed by atoms with E-state index in [-0.39, 0.29) is 11.4 Å². The SMILES string of the molecule is O=C(O)c1ccccc1NCc1ccc(Br)c(F)c1.